The van der Waals surface area contributed by atoms with Gasteiger partial charge in [-0.25, -0.2) is 4.57 Å². The lowest BCUT2D eigenvalue weighted by Gasteiger charge is -2.23. The van der Waals surface area contributed by atoms with Gasteiger partial charge in [0.25, 0.3) is 10.1 Å². The Morgan fingerprint density at radius 1 is 1.06 bits per heavy atom. The number of rotatable bonds is 10. The molecule has 0 saturated carbocycles. The third-order valence-corrected chi connectivity index (χ3v) is 6.62. The van der Waals surface area contributed by atoms with Crippen molar-refractivity contribution in [2.75, 3.05) is 17.2 Å². The van der Waals surface area contributed by atoms with Crippen LogP contribution in [0.4, 0.5) is 16.5 Å². The lowest BCUT2D eigenvalue weighted by molar-refractivity contribution is -0.686. The Bertz CT molecular complexity index is 1110. The molecule has 2 aromatic carbocycles. The number of nitrogens with zero attached hydrogens (tertiary/aromatic N) is 4. The van der Waals surface area contributed by atoms with Crippen molar-refractivity contribution in [3.05, 3.63) is 71.2 Å². The summed E-state index contributed by atoms with van der Waals surface area (Å²) in [7, 11) is -3.96. The van der Waals surface area contributed by atoms with Crippen molar-refractivity contribution in [1.29, 1.82) is 0 Å². The quantitative estimate of drug-likeness (QED) is 0.261. The molecule has 9 heteroatoms. The summed E-state index contributed by atoms with van der Waals surface area (Å²) in [6.45, 7) is 6.26. The van der Waals surface area contributed by atoms with Gasteiger partial charge < -0.3 is 4.90 Å². The van der Waals surface area contributed by atoms with Crippen LogP contribution in [0, 0.1) is 6.92 Å². The van der Waals surface area contributed by atoms with Crippen molar-refractivity contribution < 1.29 is 17.5 Å². The SMILES string of the molecule is CCN(Cc1ccccc1)c1ccc(N=Nc2scc(C)[n+]2CCCS(=O)(=O)O)cc1. The van der Waals surface area contributed by atoms with E-state index >= 15 is 0 Å². The predicted octanol–water partition coefficient (Wildman–Crippen LogP) is 5.06. The fourth-order valence-electron chi connectivity index (χ4n) is 3.19. The van der Waals surface area contributed by atoms with E-state index in [2.05, 4.69) is 34.2 Å². The van der Waals surface area contributed by atoms with E-state index in [-0.39, 0.29) is 5.75 Å². The van der Waals surface area contributed by atoms with Crippen molar-refractivity contribution in [3.63, 3.8) is 0 Å². The Labute approximate surface area is 187 Å². The van der Waals surface area contributed by atoms with E-state index in [4.69, 9.17) is 4.55 Å². The molecular weight excluding hydrogens is 432 g/mol. The van der Waals surface area contributed by atoms with Gasteiger partial charge in [-0.2, -0.15) is 8.42 Å². The van der Waals surface area contributed by atoms with E-state index in [1.807, 2.05) is 59.3 Å². The smallest absolute Gasteiger partial charge is 0.367 e. The molecule has 3 rings (SSSR count). The minimum atomic E-state index is -3.96. The van der Waals surface area contributed by atoms with Gasteiger partial charge in [-0.1, -0.05) is 30.3 Å². The minimum Gasteiger partial charge on any atom is -0.367 e. The lowest BCUT2D eigenvalue weighted by Crippen LogP contribution is -2.35. The van der Waals surface area contributed by atoms with E-state index in [9.17, 15) is 8.42 Å². The van der Waals surface area contributed by atoms with Crippen LogP contribution in [0.2, 0.25) is 0 Å². The van der Waals surface area contributed by atoms with E-state index < -0.39 is 10.1 Å². The maximum atomic E-state index is 10.9. The number of hydrogen-bond donors (Lipinski definition) is 1. The van der Waals surface area contributed by atoms with Crippen molar-refractivity contribution in [1.82, 2.24) is 0 Å². The maximum Gasteiger partial charge on any atom is 0.408 e. The maximum absolute atomic E-state index is 10.9. The van der Waals surface area contributed by atoms with Crippen LogP contribution in [0.25, 0.3) is 0 Å². The summed E-state index contributed by atoms with van der Waals surface area (Å²) >= 11 is 1.45. The average Bonchev–Trinajstić information content (AvgIpc) is 3.10. The van der Waals surface area contributed by atoms with Crippen molar-refractivity contribution >= 4 is 38.0 Å². The summed E-state index contributed by atoms with van der Waals surface area (Å²) < 4.78 is 32.7. The Hall–Kier alpha value is -2.62. The molecule has 1 N–H and O–H groups in total. The fraction of sp³-hybridized carbons (Fsp3) is 0.318. The van der Waals surface area contributed by atoms with Gasteiger partial charge in [0.05, 0.1) is 17.4 Å². The van der Waals surface area contributed by atoms with Crippen LogP contribution < -0.4 is 9.47 Å². The normalized spacial score (nSPS) is 11.8. The number of aromatic nitrogens is 1. The first-order valence-electron chi connectivity index (χ1n) is 10.1. The third kappa shape index (κ3) is 6.95. The molecule has 0 unspecified atom stereocenters. The molecule has 0 radical (unpaired) electrons. The first-order valence-corrected chi connectivity index (χ1v) is 12.6. The lowest BCUT2D eigenvalue weighted by atomic mass is 10.2. The zero-order chi connectivity index (χ0) is 22.3. The predicted molar refractivity (Wildman–Crippen MR) is 124 cm³/mol. The Morgan fingerprint density at radius 3 is 2.42 bits per heavy atom. The Morgan fingerprint density at radius 2 is 1.77 bits per heavy atom. The molecule has 1 aromatic heterocycles. The summed E-state index contributed by atoms with van der Waals surface area (Å²) in [5.41, 5.74) is 4.11. The molecular formula is C22H27N4O3S2+. The molecule has 0 atom stereocenters. The minimum absolute atomic E-state index is 0.274. The van der Waals surface area contributed by atoms with Crippen molar-refractivity contribution in [2.24, 2.45) is 10.2 Å². The number of thiazole rings is 1. The van der Waals surface area contributed by atoms with Crippen molar-refractivity contribution in [3.8, 4) is 0 Å². The van der Waals surface area contributed by atoms with Crippen LogP contribution in [0.3, 0.4) is 0 Å². The molecule has 0 amide bonds. The highest BCUT2D eigenvalue weighted by atomic mass is 32.2. The molecule has 31 heavy (non-hydrogen) atoms. The van der Waals surface area contributed by atoms with Gasteiger partial charge >= 0.3 is 5.13 Å². The van der Waals surface area contributed by atoms with Crippen LogP contribution in [0.1, 0.15) is 24.6 Å². The summed E-state index contributed by atoms with van der Waals surface area (Å²) in [4.78, 5) is 2.29. The summed E-state index contributed by atoms with van der Waals surface area (Å²) in [6.07, 6.45) is 0.312. The first-order chi connectivity index (χ1) is 14.9. The van der Waals surface area contributed by atoms with E-state index in [1.54, 1.807) is 0 Å². The van der Waals surface area contributed by atoms with E-state index in [0.29, 0.717) is 18.1 Å². The van der Waals surface area contributed by atoms with Crippen LogP contribution >= 0.6 is 11.3 Å². The fourth-order valence-corrected chi connectivity index (χ4v) is 4.54. The summed E-state index contributed by atoms with van der Waals surface area (Å²) in [6, 6.07) is 18.3. The Kier molecular flexibility index (Phi) is 7.89. The van der Waals surface area contributed by atoms with Gasteiger partial charge in [0.15, 0.2) is 0 Å². The zero-order valence-electron chi connectivity index (χ0n) is 17.7. The summed E-state index contributed by atoms with van der Waals surface area (Å²) in [5, 5.41) is 11.3. The number of benzene rings is 2. The standard InChI is InChI=1S/C22H26N4O3S2/c1-3-25(16-19-8-5-4-6-9-19)21-12-10-20(11-13-21)23-24-22-26(18(2)17-30-22)14-7-15-31(27,28)29/h4-6,8-13,17H,3,7,14-16H2,1-2H3/p+1. The number of azo groups is 1. The average molecular weight is 460 g/mol. The molecule has 0 fully saturated rings. The third-order valence-electron chi connectivity index (χ3n) is 4.84. The van der Waals surface area contributed by atoms with E-state index in [0.717, 1.165) is 30.2 Å². The van der Waals surface area contributed by atoms with Crippen molar-refractivity contribution in [2.45, 2.75) is 33.4 Å². The van der Waals surface area contributed by atoms with Crippen LogP contribution in [-0.2, 0) is 23.2 Å². The molecule has 0 spiro atoms. The highest BCUT2D eigenvalue weighted by Gasteiger charge is 2.17. The molecule has 0 aliphatic carbocycles. The second kappa shape index (κ2) is 10.6. The Balaban J connectivity index is 1.67. The molecule has 1 heterocycles. The topological polar surface area (TPSA) is 86.2 Å². The van der Waals surface area contributed by atoms with Gasteiger partial charge in [0, 0.05) is 30.6 Å². The molecule has 3 aromatic rings. The van der Waals surface area contributed by atoms with Gasteiger partial charge in [-0.3, -0.25) is 4.55 Å². The number of aryl methyl sites for hydroxylation is 1. The largest absolute Gasteiger partial charge is 0.408 e. The van der Waals surface area contributed by atoms with Crippen LogP contribution in [0.15, 0.2) is 70.2 Å². The molecule has 7 nitrogen and oxygen atoms in total. The monoisotopic (exact) mass is 459 g/mol. The first kappa shape index (κ1) is 23.1. The molecule has 0 saturated heterocycles. The molecule has 0 aliphatic rings. The highest BCUT2D eigenvalue weighted by molar-refractivity contribution is 7.85. The molecule has 164 valence electrons. The van der Waals surface area contributed by atoms with Gasteiger partial charge in [-0.15, -0.1) is 0 Å². The van der Waals surface area contributed by atoms with Crippen LogP contribution in [-0.4, -0.2) is 25.3 Å². The van der Waals surface area contributed by atoms with E-state index in [1.165, 1.54) is 16.9 Å². The zero-order valence-corrected chi connectivity index (χ0v) is 19.3. The molecule has 0 aliphatic heterocycles. The second-order valence-corrected chi connectivity index (χ2v) is 9.58. The second-order valence-electron chi connectivity index (χ2n) is 7.17. The number of hydrogen-bond acceptors (Lipinski definition) is 6. The summed E-state index contributed by atoms with van der Waals surface area (Å²) in [5.74, 6) is -0.274. The van der Waals surface area contributed by atoms with Crippen LogP contribution in [0.5, 0.6) is 0 Å². The van der Waals surface area contributed by atoms with Gasteiger partial charge in [-0.05, 0) is 60.1 Å². The molecule has 0 bridgehead atoms. The van der Waals surface area contributed by atoms with Gasteiger partial charge in [0.2, 0.25) is 0 Å². The van der Waals surface area contributed by atoms with Gasteiger partial charge in [0.1, 0.15) is 11.4 Å². The number of anilines is 1. The highest BCUT2D eigenvalue weighted by Crippen LogP contribution is 2.24.